The molecule has 0 saturated carbocycles. The van der Waals surface area contributed by atoms with E-state index in [9.17, 15) is 13.5 Å². The molecular formula is C9H18N4O3S. The van der Waals surface area contributed by atoms with Gasteiger partial charge in [-0.1, -0.05) is 6.92 Å². The number of hydrogen-bond acceptors (Lipinski definition) is 5. The van der Waals surface area contributed by atoms with E-state index in [2.05, 4.69) is 14.8 Å². The van der Waals surface area contributed by atoms with E-state index in [-0.39, 0.29) is 6.54 Å². The Morgan fingerprint density at radius 2 is 2.29 bits per heavy atom. The average Bonchev–Trinajstić information content (AvgIpc) is 2.64. The van der Waals surface area contributed by atoms with Crippen LogP contribution < -0.4 is 4.72 Å². The number of hydrogen-bond donors (Lipinski definition) is 2. The lowest BCUT2D eigenvalue weighted by Crippen LogP contribution is -2.26. The molecule has 1 unspecified atom stereocenters. The van der Waals surface area contributed by atoms with Gasteiger partial charge in [0.15, 0.2) is 0 Å². The van der Waals surface area contributed by atoms with Crippen molar-refractivity contribution in [3.05, 3.63) is 12.2 Å². The summed E-state index contributed by atoms with van der Waals surface area (Å²) in [6.45, 7) is 2.54. The normalized spacial score (nSPS) is 13.8. The van der Waals surface area contributed by atoms with Crippen molar-refractivity contribution in [3.8, 4) is 0 Å². The predicted molar refractivity (Wildman–Crippen MR) is 62.9 cm³/mol. The van der Waals surface area contributed by atoms with Crippen LogP contribution >= 0.6 is 0 Å². The second-order valence-corrected chi connectivity index (χ2v) is 5.67. The Morgan fingerprint density at radius 1 is 1.59 bits per heavy atom. The first-order chi connectivity index (χ1) is 7.92. The van der Waals surface area contributed by atoms with Crippen molar-refractivity contribution in [2.45, 2.75) is 32.4 Å². The molecule has 0 fully saturated rings. The molecule has 98 valence electrons. The fourth-order valence-corrected chi connectivity index (χ4v) is 1.78. The van der Waals surface area contributed by atoms with E-state index < -0.39 is 16.1 Å². The molecule has 0 aliphatic rings. The minimum Gasteiger partial charge on any atom is -0.391 e. The molecule has 0 spiro atoms. The highest BCUT2D eigenvalue weighted by molar-refractivity contribution is 7.88. The summed E-state index contributed by atoms with van der Waals surface area (Å²) in [6, 6.07) is 0. The van der Waals surface area contributed by atoms with E-state index in [1.54, 1.807) is 4.68 Å². The summed E-state index contributed by atoms with van der Waals surface area (Å²) in [7, 11) is -3.17. The van der Waals surface area contributed by atoms with E-state index in [1.165, 1.54) is 6.33 Å². The van der Waals surface area contributed by atoms with E-state index in [0.29, 0.717) is 25.2 Å². The summed E-state index contributed by atoms with van der Waals surface area (Å²) in [4.78, 5) is 4.03. The Labute approximate surface area is 101 Å². The Hall–Kier alpha value is -0.990. The second-order valence-electron chi connectivity index (χ2n) is 3.84. The molecule has 0 amide bonds. The van der Waals surface area contributed by atoms with Gasteiger partial charge in [-0.2, -0.15) is 5.10 Å². The SMILES string of the molecule is CCC(O)Cn1ncnc1CCNS(C)(=O)=O. The molecule has 7 nitrogen and oxygen atoms in total. The minimum atomic E-state index is -3.17. The Morgan fingerprint density at radius 3 is 2.88 bits per heavy atom. The van der Waals surface area contributed by atoms with Gasteiger partial charge in [0.1, 0.15) is 12.2 Å². The van der Waals surface area contributed by atoms with E-state index in [4.69, 9.17) is 0 Å². The van der Waals surface area contributed by atoms with Crippen LogP contribution in [-0.4, -0.2) is 47.2 Å². The lowest BCUT2D eigenvalue weighted by atomic mass is 10.3. The molecule has 0 radical (unpaired) electrons. The highest BCUT2D eigenvalue weighted by Gasteiger charge is 2.09. The summed E-state index contributed by atoms with van der Waals surface area (Å²) in [6.07, 6.45) is 3.14. The largest absolute Gasteiger partial charge is 0.391 e. The fraction of sp³-hybridized carbons (Fsp3) is 0.778. The molecule has 0 aromatic carbocycles. The van der Waals surface area contributed by atoms with Crippen molar-refractivity contribution in [1.82, 2.24) is 19.5 Å². The summed E-state index contributed by atoms with van der Waals surface area (Å²) in [5.41, 5.74) is 0. The fourth-order valence-electron chi connectivity index (χ4n) is 1.31. The van der Waals surface area contributed by atoms with Crippen molar-refractivity contribution < 1.29 is 13.5 Å². The highest BCUT2D eigenvalue weighted by Crippen LogP contribution is 2.00. The van der Waals surface area contributed by atoms with Gasteiger partial charge in [0.05, 0.1) is 18.9 Å². The van der Waals surface area contributed by atoms with Crippen molar-refractivity contribution in [2.24, 2.45) is 0 Å². The Bertz CT molecular complexity index is 443. The molecule has 2 N–H and O–H groups in total. The number of nitrogens with one attached hydrogen (secondary N) is 1. The zero-order chi connectivity index (χ0) is 12.9. The zero-order valence-electron chi connectivity index (χ0n) is 10.00. The number of rotatable bonds is 7. The molecule has 1 aromatic rings. The topological polar surface area (TPSA) is 97.1 Å². The number of aromatic nitrogens is 3. The van der Waals surface area contributed by atoms with Crippen molar-refractivity contribution in [2.75, 3.05) is 12.8 Å². The Kier molecular flexibility index (Phi) is 5.03. The van der Waals surface area contributed by atoms with Gasteiger partial charge in [-0.3, -0.25) is 0 Å². The molecule has 0 bridgehead atoms. The quantitative estimate of drug-likeness (QED) is 0.666. The first kappa shape index (κ1) is 14.1. The lowest BCUT2D eigenvalue weighted by molar-refractivity contribution is 0.143. The van der Waals surface area contributed by atoms with Gasteiger partial charge in [-0.15, -0.1) is 0 Å². The molecule has 1 rings (SSSR count). The van der Waals surface area contributed by atoms with Crippen LogP contribution in [0, 0.1) is 0 Å². The van der Waals surface area contributed by atoms with Crippen LogP contribution in [-0.2, 0) is 23.0 Å². The third-order valence-corrected chi connectivity index (χ3v) is 2.99. The maximum Gasteiger partial charge on any atom is 0.208 e. The van der Waals surface area contributed by atoms with Gasteiger partial charge < -0.3 is 5.11 Å². The second kappa shape index (κ2) is 6.08. The molecule has 1 aromatic heterocycles. The Balaban J connectivity index is 2.51. The maximum absolute atomic E-state index is 10.9. The third-order valence-electron chi connectivity index (χ3n) is 2.26. The third kappa shape index (κ3) is 5.24. The lowest BCUT2D eigenvalue weighted by Gasteiger charge is -2.10. The van der Waals surface area contributed by atoms with Gasteiger partial charge in [-0.25, -0.2) is 22.8 Å². The molecule has 8 heteroatoms. The van der Waals surface area contributed by atoms with Crippen LogP contribution in [0.4, 0.5) is 0 Å². The van der Waals surface area contributed by atoms with E-state index >= 15 is 0 Å². The molecule has 1 heterocycles. The number of sulfonamides is 1. The van der Waals surface area contributed by atoms with Crippen molar-refractivity contribution >= 4 is 10.0 Å². The van der Waals surface area contributed by atoms with Crippen LogP contribution in [0.3, 0.4) is 0 Å². The average molecular weight is 262 g/mol. The molecule has 1 atom stereocenters. The minimum absolute atomic E-state index is 0.278. The van der Waals surface area contributed by atoms with E-state index in [0.717, 1.165) is 6.26 Å². The van der Waals surface area contributed by atoms with Gasteiger partial charge in [0, 0.05) is 13.0 Å². The molecule has 0 saturated heterocycles. The summed E-state index contributed by atoms with van der Waals surface area (Å²) in [5.74, 6) is 0.661. The van der Waals surface area contributed by atoms with Crippen molar-refractivity contribution in [1.29, 1.82) is 0 Å². The van der Waals surface area contributed by atoms with Crippen LogP contribution in [0.2, 0.25) is 0 Å². The first-order valence-electron chi connectivity index (χ1n) is 5.41. The number of aliphatic hydroxyl groups is 1. The number of nitrogens with zero attached hydrogens (tertiary/aromatic N) is 3. The summed E-state index contributed by atoms with van der Waals surface area (Å²) < 4.78 is 25.7. The van der Waals surface area contributed by atoms with Crippen LogP contribution in [0.15, 0.2) is 6.33 Å². The van der Waals surface area contributed by atoms with Gasteiger partial charge >= 0.3 is 0 Å². The monoisotopic (exact) mass is 262 g/mol. The van der Waals surface area contributed by atoms with E-state index in [1.807, 2.05) is 6.92 Å². The maximum atomic E-state index is 10.9. The molecule has 0 aliphatic carbocycles. The standard InChI is InChI=1S/C9H18N4O3S/c1-3-8(14)6-13-9(10-7-11-13)4-5-12-17(2,15)16/h7-8,12,14H,3-6H2,1-2H3. The summed E-state index contributed by atoms with van der Waals surface area (Å²) >= 11 is 0. The first-order valence-corrected chi connectivity index (χ1v) is 7.31. The van der Waals surface area contributed by atoms with Crippen molar-refractivity contribution in [3.63, 3.8) is 0 Å². The van der Waals surface area contributed by atoms with Gasteiger partial charge in [-0.05, 0) is 6.42 Å². The predicted octanol–water partition coefficient (Wildman–Crippen LogP) is -0.859. The van der Waals surface area contributed by atoms with Gasteiger partial charge in [0.25, 0.3) is 0 Å². The van der Waals surface area contributed by atoms with Crippen LogP contribution in [0.1, 0.15) is 19.2 Å². The van der Waals surface area contributed by atoms with Crippen LogP contribution in [0.25, 0.3) is 0 Å². The number of aliphatic hydroxyl groups excluding tert-OH is 1. The van der Waals surface area contributed by atoms with Crippen LogP contribution in [0.5, 0.6) is 0 Å². The smallest absolute Gasteiger partial charge is 0.208 e. The molecule has 17 heavy (non-hydrogen) atoms. The molecule has 0 aliphatic heterocycles. The summed E-state index contributed by atoms with van der Waals surface area (Å²) in [5, 5.41) is 13.5. The molecular weight excluding hydrogens is 244 g/mol. The van der Waals surface area contributed by atoms with Gasteiger partial charge in [0.2, 0.25) is 10.0 Å². The zero-order valence-corrected chi connectivity index (χ0v) is 10.8. The highest BCUT2D eigenvalue weighted by atomic mass is 32.2.